The first kappa shape index (κ1) is 18.1. The van der Waals surface area contributed by atoms with Crippen LogP contribution in [0.4, 0.5) is 11.4 Å². The maximum atomic E-state index is 12.4. The molecule has 0 fully saturated rings. The summed E-state index contributed by atoms with van der Waals surface area (Å²) in [6, 6.07) is 15.9. The minimum atomic E-state index is -0.0719. The fraction of sp³-hybridized carbons (Fsp3) is 0.381. The van der Waals surface area contributed by atoms with E-state index < -0.39 is 0 Å². The highest BCUT2D eigenvalue weighted by molar-refractivity contribution is 6.04. The van der Waals surface area contributed by atoms with Crippen molar-refractivity contribution in [2.24, 2.45) is 0 Å². The van der Waals surface area contributed by atoms with Crippen LogP contribution in [0, 0.1) is 0 Å². The van der Waals surface area contributed by atoms with Gasteiger partial charge in [-0.1, -0.05) is 26.0 Å². The number of rotatable bonds is 7. The molecule has 1 atom stereocenters. The Labute approximate surface area is 145 Å². The number of benzene rings is 2. The number of carbonyl (C=O) groups is 1. The van der Waals surface area contributed by atoms with Gasteiger partial charge in [-0.2, -0.15) is 0 Å². The Morgan fingerprint density at radius 2 is 1.54 bits per heavy atom. The van der Waals surface area contributed by atoms with Crippen molar-refractivity contribution < 1.29 is 4.79 Å². The van der Waals surface area contributed by atoms with Crippen LogP contribution in [0.25, 0.3) is 0 Å². The van der Waals surface area contributed by atoms with Crippen LogP contribution in [0.2, 0.25) is 0 Å². The van der Waals surface area contributed by atoms with Crippen molar-refractivity contribution in [2.75, 3.05) is 23.3 Å². The van der Waals surface area contributed by atoms with Gasteiger partial charge >= 0.3 is 0 Å². The van der Waals surface area contributed by atoms with Crippen molar-refractivity contribution in [1.82, 2.24) is 0 Å². The molecule has 1 amide bonds. The van der Waals surface area contributed by atoms with Gasteiger partial charge in [0.1, 0.15) is 0 Å². The smallest absolute Gasteiger partial charge is 0.255 e. The van der Waals surface area contributed by atoms with Gasteiger partial charge in [0.25, 0.3) is 5.91 Å². The highest BCUT2D eigenvalue weighted by Gasteiger charge is 2.08. The maximum absolute atomic E-state index is 12.4. The van der Waals surface area contributed by atoms with E-state index in [2.05, 4.69) is 50.0 Å². The molecule has 2 aromatic carbocycles. The van der Waals surface area contributed by atoms with Gasteiger partial charge in [0.2, 0.25) is 0 Å². The Morgan fingerprint density at radius 3 is 2.04 bits per heavy atom. The number of nitrogens with one attached hydrogen (secondary N) is 1. The first-order valence-electron chi connectivity index (χ1n) is 8.85. The molecule has 0 aliphatic heterocycles. The molecule has 3 nitrogen and oxygen atoms in total. The first-order valence-corrected chi connectivity index (χ1v) is 8.85. The van der Waals surface area contributed by atoms with Crippen LogP contribution < -0.4 is 10.2 Å². The molecule has 0 bridgehead atoms. The zero-order valence-corrected chi connectivity index (χ0v) is 15.2. The lowest BCUT2D eigenvalue weighted by Crippen LogP contribution is -2.21. The van der Waals surface area contributed by atoms with Crippen LogP contribution in [-0.4, -0.2) is 19.0 Å². The molecule has 0 radical (unpaired) electrons. The van der Waals surface area contributed by atoms with Crippen molar-refractivity contribution in [3.63, 3.8) is 0 Å². The second-order valence-corrected chi connectivity index (χ2v) is 6.10. The predicted molar refractivity (Wildman–Crippen MR) is 103 cm³/mol. The minimum Gasteiger partial charge on any atom is -0.372 e. The van der Waals surface area contributed by atoms with Crippen LogP contribution in [0.15, 0.2) is 48.5 Å². The molecule has 2 aromatic rings. The summed E-state index contributed by atoms with van der Waals surface area (Å²) in [4.78, 5) is 14.6. The van der Waals surface area contributed by atoms with Crippen molar-refractivity contribution in [2.45, 2.75) is 40.0 Å². The lowest BCUT2D eigenvalue weighted by Gasteiger charge is -2.21. The van der Waals surface area contributed by atoms with Crippen molar-refractivity contribution >= 4 is 17.3 Å². The predicted octanol–water partition coefficient (Wildman–Crippen LogP) is 5.30. The molecule has 0 spiro atoms. The van der Waals surface area contributed by atoms with Gasteiger partial charge in [0.15, 0.2) is 0 Å². The van der Waals surface area contributed by atoms with E-state index in [4.69, 9.17) is 0 Å². The monoisotopic (exact) mass is 324 g/mol. The molecule has 0 saturated heterocycles. The minimum absolute atomic E-state index is 0.0719. The van der Waals surface area contributed by atoms with Gasteiger partial charge in [-0.05, 0) is 68.1 Å². The van der Waals surface area contributed by atoms with E-state index in [1.165, 1.54) is 5.56 Å². The maximum Gasteiger partial charge on any atom is 0.255 e. The Hall–Kier alpha value is -2.29. The lowest BCUT2D eigenvalue weighted by atomic mass is 9.98. The van der Waals surface area contributed by atoms with E-state index in [1.807, 2.05) is 36.4 Å². The van der Waals surface area contributed by atoms with Gasteiger partial charge < -0.3 is 10.2 Å². The first-order chi connectivity index (χ1) is 11.6. The molecular formula is C21H28N2O. The van der Waals surface area contributed by atoms with Crippen LogP contribution in [0.5, 0.6) is 0 Å². The summed E-state index contributed by atoms with van der Waals surface area (Å²) >= 11 is 0. The third kappa shape index (κ3) is 4.38. The molecule has 128 valence electrons. The Kier molecular flexibility index (Phi) is 6.42. The van der Waals surface area contributed by atoms with Gasteiger partial charge in [-0.15, -0.1) is 0 Å². The molecule has 3 heteroatoms. The highest BCUT2D eigenvalue weighted by Crippen LogP contribution is 2.21. The summed E-state index contributed by atoms with van der Waals surface area (Å²) in [5.74, 6) is 0.472. The average molecular weight is 324 g/mol. The van der Waals surface area contributed by atoms with Gasteiger partial charge in [0.05, 0.1) is 0 Å². The van der Waals surface area contributed by atoms with E-state index >= 15 is 0 Å². The zero-order valence-electron chi connectivity index (χ0n) is 15.2. The van der Waals surface area contributed by atoms with E-state index in [0.29, 0.717) is 11.5 Å². The molecule has 0 aliphatic rings. The largest absolute Gasteiger partial charge is 0.372 e. The van der Waals surface area contributed by atoms with E-state index in [-0.39, 0.29) is 5.91 Å². The van der Waals surface area contributed by atoms with E-state index in [0.717, 1.165) is 30.9 Å². The molecule has 2 rings (SSSR count). The average Bonchev–Trinajstić information content (AvgIpc) is 2.63. The number of carbonyl (C=O) groups excluding carboxylic acids is 1. The number of hydrogen-bond donors (Lipinski definition) is 1. The summed E-state index contributed by atoms with van der Waals surface area (Å²) < 4.78 is 0. The molecular weight excluding hydrogens is 296 g/mol. The number of anilines is 2. The number of nitrogens with zero attached hydrogens (tertiary/aromatic N) is 1. The highest BCUT2D eigenvalue weighted by atomic mass is 16.1. The summed E-state index contributed by atoms with van der Waals surface area (Å²) in [5, 5.41) is 2.97. The Balaban J connectivity index is 2.04. The second kappa shape index (κ2) is 8.53. The molecule has 0 unspecified atom stereocenters. The van der Waals surface area contributed by atoms with Crippen molar-refractivity contribution in [1.29, 1.82) is 0 Å². The van der Waals surface area contributed by atoms with Crippen molar-refractivity contribution in [3.8, 4) is 0 Å². The van der Waals surface area contributed by atoms with E-state index in [1.54, 1.807) is 0 Å². The summed E-state index contributed by atoms with van der Waals surface area (Å²) in [6.07, 6.45) is 1.12. The summed E-state index contributed by atoms with van der Waals surface area (Å²) in [5.41, 5.74) is 3.96. The molecule has 1 N–H and O–H groups in total. The van der Waals surface area contributed by atoms with Gasteiger partial charge in [-0.3, -0.25) is 4.79 Å². The zero-order chi connectivity index (χ0) is 17.5. The number of hydrogen-bond acceptors (Lipinski definition) is 2. The SMILES string of the molecule is CC[C@H](C)c1ccc(NC(=O)c2ccc(N(CC)CC)cc2)cc1. The summed E-state index contributed by atoms with van der Waals surface area (Å²) in [6.45, 7) is 10.6. The lowest BCUT2D eigenvalue weighted by molar-refractivity contribution is 0.102. The number of amides is 1. The molecule has 0 heterocycles. The quantitative estimate of drug-likeness (QED) is 0.749. The molecule has 0 aromatic heterocycles. The van der Waals surface area contributed by atoms with Gasteiger partial charge in [-0.25, -0.2) is 0 Å². The van der Waals surface area contributed by atoms with Crippen LogP contribution >= 0.6 is 0 Å². The third-order valence-corrected chi connectivity index (χ3v) is 4.61. The molecule has 24 heavy (non-hydrogen) atoms. The summed E-state index contributed by atoms with van der Waals surface area (Å²) in [7, 11) is 0. The topological polar surface area (TPSA) is 32.3 Å². The van der Waals surface area contributed by atoms with Crippen LogP contribution in [-0.2, 0) is 0 Å². The standard InChI is InChI=1S/C21H28N2O/c1-5-16(4)17-8-12-19(13-9-17)22-21(24)18-10-14-20(15-11-18)23(6-2)7-3/h8-16H,5-7H2,1-4H3,(H,22,24)/t16-/m0/s1. The fourth-order valence-corrected chi connectivity index (χ4v) is 2.75. The van der Waals surface area contributed by atoms with Crippen LogP contribution in [0.3, 0.4) is 0 Å². The van der Waals surface area contributed by atoms with Gasteiger partial charge in [0, 0.05) is 30.0 Å². The molecule has 0 aliphatic carbocycles. The van der Waals surface area contributed by atoms with E-state index in [9.17, 15) is 4.79 Å². The Bertz CT molecular complexity index is 643. The third-order valence-electron chi connectivity index (χ3n) is 4.61. The van der Waals surface area contributed by atoms with Crippen molar-refractivity contribution in [3.05, 3.63) is 59.7 Å². The molecule has 0 saturated carbocycles. The fourth-order valence-electron chi connectivity index (χ4n) is 2.75. The second-order valence-electron chi connectivity index (χ2n) is 6.10. The normalized spacial score (nSPS) is 11.8. The Morgan fingerprint density at radius 1 is 0.958 bits per heavy atom. The van der Waals surface area contributed by atoms with Crippen LogP contribution in [0.1, 0.15) is 56.0 Å².